The molecule has 88 valence electrons. The Morgan fingerprint density at radius 1 is 1.29 bits per heavy atom. The van der Waals surface area contributed by atoms with Gasteiger partial charge in [-0.3, -0.25) is 4.79 Å². The van der Waals surface area contributed by atoms with Crippen molar-refractivity contribution in [1.82, 2.24) is 5.06 Å². The molecule has 0 radical (unpaired) electrons. The summed E-state index contributed by atoms with van der Waals surface area (Å²) in [6.07, 6.45) is 0.889. The number of benzene rings is 1. The Hall–Kier alpha value is -2.10. The first kappa shape index (κ1) is 11.4. The van der Waals surface area contributed by atoms with E-state index in [1.54, 1.807) is 12.1 Å². The molecule has 1 amide bonds. The van der Waals surface area contributed by atoms with E-state index in [0.29, 0.717) is 24.1 Å². The van der Waals surface area contributed by atoms with E-state index >= 15 is 0 Å². The van der Waals surface area contributed by atoms with Crippen LogP contribution in [0.5, 0.6) is 0 Å². The number of aryl methyl sites for hydroxylation is 1. The van der Waals surface area contributed by atoms with Crippen molar-refractivity contribution < 1.29 is 14.4 Å². The molecule has 0 unspecified atom stereocenters. The molecule has 0 aromatic heterocycles. The second-order valence-electron chi connectivity index (χ2n) is 4.00. The maximum Gasteiger partial charge on any atom is 0.363 e. The maximum atomic E-state index is 11.7. The number of rotatable bonds is 2. The lowest BCUT2D eigenvalue weighted by molar-refractivity contribution is -0.153. The number of nitrogens with zero attached hydrogens (tertiary/aromatic N) is 1. The van der Waals surface area contributed by atoms with Gasteiger partial charge in [-0.2, -0.15) is 0 Å². The summed E-state index contributed by atoms with van der Waals surface area (Å²) in [6.45, 7) is 5.61. The molecule has 1 saturated heterocycles. The number of carbonyl (C=O) groups excluding carboxylic acids is 2. The first-order valence-corrected chi connectivity index (χ1v) is 5.37. The zero-order valence-corrected chi connectivity index (χ0v) is 9.60. The van der Waals surface area contributed by atoms with Crippen LogP contribution >= 0.6 is 0 Å². The summed E-state index contributed by atoms with van der Waals surface area (Å²) in [5.41, 5.74) is 2.00. The molecular formula is C13H13NO3. The van der Waals surface area contributed by atoms with Gasteiger partial charge >= 0.3 is 5.97 Å². The molecule has 4 nitrogen and oxygen atoms in total. The van der Waals surface area contributed by atoms with Crippen LogP contribution in [0.2, 0.25) is 0 Å². The van der Waals surface area contributed by atoms with Crippen molar-refractivity contribution in [3.05, 3.63) is 47.7 Å². The average molecular weight is 231 g/mol. The van der Waals surface area contributed by atoms with Crippen LogP contribution in [-0.2, 0) is 9.63 Å². The third-order valence-corrected chi connectivity index (χ3v) is 2.60. The lowest BCUT2D eigenvalue weighted by Gasteiger charge is -2.15. The molecule has 1 aliphatic rings. The highest BCUT2D eigenvalue weighted by atomic mass is 16.7. The van der Waals surface area contributed by atoms with Crippen molar-refractivity contribution >= 4 is 11.9 Å². The van der Waals surface area contributed by atoms with Crippen molar-refractivity contribution in [2.24, 2.45) is 0 Å². The highest BCUT2D eigenvalue weighted by Crippen LogP contribution is 2.21. The monoisotopic (exact) mass is 231 g/mol. The average Bonchev–Trinajstić information content (AvgIpc) is 2.61. The molecule has 17 heavy (non-hydrogen) atoms. The van der Waals surface area contributed by atoms with Gasteiger partial charge in [-0.1, -0.05) is 24.3 Å². The van der Waals surface area contributed by atoms with E-state index in [2.05, 4.69) is 6.58 Å². The minimum Gasteiger partial charge on any atom is -0.328 e. The highest BCUT2D eigenvalue weighted by molar-refractivity contribution is 5.91. The summed E-state index contributed by atoms with van der Waals surface area (Å²) in [7, 11) is 0. The van der Waals surface area contributed by atoms with Crippen molar-refractivity contribution in [2.45, 2.75) is 19.8 Å². The first-order valence-electron chi connectivity index (χ1n) is 5.37. The van der Waals surface area contributed by atoms with E-state index in [-0.39, 0.29) is 5.91 Å². The Bertz CT molecular complexity index is 460. The van der Waals surface area contributed by atoms with E-state index in [1.807, 2.05) is 19.1 Å². The van der Waals surface area contributed by atoms with E-state index in [0.717, 1.165) is 10.6 Å². The predicted octanol–water partition coefficient (Wildman–Crippen LogP) is 2.20. The van der Waals surface area contributed by atoms with Gasteiger partial charge in [0, 0.05) is 6.42 Å². The third kappa shape index (κ3) is 2.36. The number of amides is 1. The molecule has 0 aliphatic carbocycles. The Labute approximate surface area is 99.4 Å². The predicted molar refractivity (Wildman–Crippen MR) is 61.8 cm³/mol. The van der Waals surface area contributed by atoms with Crippen molar-refractivity contribution in [1.29, 1.82) is 0 Å². The van der Waals surface area contributed by atoms with Gasteiger partial charge in [-0.05, 0) is 25.5 Å². The van der Waals surface area contributed by atoms with Gasteiger partial charge < -0.3 is 4.84 Å². The molecule has 0 saturated carbocycles. The topological polar surface area (TPSA) is 46.6 Å². The van der Waals surface area contributed by atoms with E-state index in [4.69, 9.17) is 4.84 Å². The summed E-state index contributed by atoms with van der Waals surface area (Å²) in [5, 5.41) is 0.988. The summed E-state index contributed by atoms with van der Waals surface area (Å²) in [6, 6.07) is 6.97. The Kier molecular flexibility index (Phi) is 2.95. The fraction of sp³-hybridized carbons (Fsp3) is 0.231. The number of hydrogen-bond donors (Lipinski definition) is 0. The molecule has 4 heteroatoms. The van der Waals surface area contributed by atoms with E-state index in [1.165, 1.54) is 0 Å². The van der Waals surface area contributed by atoms with Gasteiger partial charge in [0.15, 0.2) is 0 Å². The zero-order valence-electron chi connectivity index (χ0n) is 9.60. The molecule has 1 aromatic rings. The van der Waals surface area contributed by atoms with Crippen LogP contribution in [0.4, 0.5) is 0 Å². The molecule has 0 bridgehead atoms. The smallest absolute Gasteiger partial charge is 0.328 e. The fourth-order valence-corrected chi connectivity index (χ4v) is 1.57. The molecule has 1 fully saturated rings. The Morgan fingerprint density at radius 3 is 2.47 bits per heavy atom. The van der Waals surface area contributed by atoms with Gasteiger partial charge in [0.1, 0.15) is 0 Å². The number of carbonyl (C=O) groups is 2. The van der Waals surface area contributed by atoms with Crippen LogP contribution in [0.15, 0.2) is 36.5 Å². The second kappa shape index (κ2) is 4.41. The molecular weight excluding hydrogens is 218 g/mol. The van der Waals surface area contributed by atoms with Gasteiger partial charge in [0.25, 0.3) is 5.91 Å². The van der Waals surface area contributed by atoms with Crippen molar-refractivity contribution in [2.75, 3.05) is 0 Å². The fourth-order valence-electron chi connectivity index (χ4n) is 1.57. The minimum absolute atomic E-state index is 0.226. The van der Waals surface area contributed by atoms with Crippen LogP contribution in [-0.4, -0.2) is 16.9 Å². The van der Waals surface area contributed by atoms with Crippen LogP contribution in [0.25, 0.3) is 0 Å². The molecule has 2 rings (SSSR count). The molecule has 0 atom stereocenters. The Morgan fingerprint density at radius 2 is 1.94 bits per heavy atom. The Balaban J connectivity index is 2.09. The van der Waals surface area contributed by atoms with Gasteiger partial charge in [-0.15, -0.1) is 5.06 Å². The van der Waals surface area contributed by atoms with Gasteiger partial charge in [-0.25, -0.2) is 4.79 Å². The van der Waals surface area contributed by atoms with E-state index < -0.39 is 5.97 Å². The molecule has 1 heterocycles. The molecule has 1 aromatic carbocycles. The SMILES string of the molecule is C=C1CCC(=O)N1OC(=O)c1ccc(C)cc1. The van der Waals surface area contributed by atoms with Crippen LogP contribution in [0, 0.1) is 6.92 Å². The zero-order chi connectivity index (χ0) is 12.4. The lowest BCUT2D eigenvalue weighted by Crippen LogP contribution is -2.26. The largest absolute Gasteiger partial charge is 0.363 e. The normalized spacial score (nSPS) is 15.2. The van der Waals surface area contributed by atoms with Crippen LogP contribution in [0.1, 0.15) is 28.8 Å². The van der Waals surface area contributed by atoms with Crippen molar-refractivity contribution in [3.8, 4) is 0 Å². The quantitative estimate of drug-likeness (QED) is 0.783. The van der Waals surface area contributed by atoms with Crippen molar-refractivity contribution in [3.63, 3.8) is 0 Å². The number of allylic oxidation sites excluding steroid dienone is 1. The third-order valence-electron chi connectivity index (χ3n) is 2.60. The molecule has 0 spiro atoms. The number of hydroxylamine groups is 2. The van der Waals surface area contributed by atoms with Gasteiger partial charge in [0.2, 0.25) is 0 Å². The molecule has 1 aliphatic heterocycles. The lowest BCUT2D eigenvalue weighted by atomic mass is 10.2. The minimum atomic E-state index is -0.540. The summed E-state index contributed by atoms with van der Waals surface area (Å²) >= 11 is 0. The standard InChI is InChI=1S/C13H13NO3/c1-9-3-6-11(7-4-9)13(16)17-14-10(2)5-8-12(14)15/h3-4,6-7H,2,5,8H2,1H3. The summed E-state index contributed by atoms with van der Waals surface area (Å²) in [4.78, 5) is 28.1. The van der Waals surface area contributed by atoms with Crippen LogP contribution < -0.4 is 0 Å². The number of hydrogen-bond acceptors (Lipinski definition) is 3. The summed E-state index contributed by atoms with van der Waals surface area (Å²) in [5.74, 6) is -0.767. The first-order chi connectivity index (χ1) is 8.08. The van der Waals surface area contributed by atoms with E-state index in [9.17, 15) is 9.59 Å². The summed E-state index contributed by atoms with van der Waals surface area (Å²) < 4.78 is 0. The maximum absolute atomic E-state index is 11.7. The molecule has 0 N–H and O–H groups in total. The second-order valence-corrected chi connectivity index (χ2v) is 4.00. The van der Waals surface area contributed by atoms with Gasteiger partial charge in [0.05, 0.1) is 11.3 Å². The van der Waals surface area contributed by atoms with Crippen LogP contribution in [0.3, 0.4) is 0 Å². The highest BCUT2D eigenvalue weighted by Gasteiger charge is 2.28.